The van der Waals surface area contributed by atoms with Crippen LogP contribution in [0.2, 0.25) is 0 Å². The van der Waals surface area contributed by atoms with E-state index in [2.05, 4.69) is 10.1 Å². The van der Waals surface area contributed by atoms with Crippen LogP contribution in [0.5, 0.6) is 5.75 Å². The van der Waals surface area contributed by atoms with Gasteiger partial charge >= 0.3 is 5.97 Å². The minimum Gasteiger partial charge on any atom is -0.420 e. The van der Waals surface area contributed by atoms with Crippen LogP contribution in [-0.2, 0) is 61.6 Å². The van der Waals surface area contributed by atoms with Gasteiger partial charge in [-0.05, 0) is 6.07 Å². The van der Waals surface area contributed by atoms with Crippen LogP contribution in [0.25, 0.3) is 0 Å². The number of carbonyl (C=O) groups is 1. The highest BCUT2D eigenvalue weighted by atomic mass is 19.2. The van der Waals surface area contributed by atoms with Crippen molar-refractivity contribution in [2.75, 3.05) is 170 Å². The molecule has 26 heteroatoms. The fraction of sp³-hybridized carbons (Fsp3) is 0.667. The third-order valence-corrected chi connectivity index (χ3v) is 7.88. The minimum absolute atomic E-state index is 0.0643. The lowest BCUT2D eigenvalue weighted by atomic mass is 10.2. The second-order valence-corrected chi connectivity index (χ2v) is 12.6. The summed E-state index contributed by atoms with van der Waals surface area (Å²) in [6.45, 7) is 7.99. The lowest BCUT2D eigenvalue weighted by Gasteiger charge is -2.09. The number of nitro benzene ring substituents is 2. The first-order valence-corrected chi connectivity index (χ1v) is 20.4. The average molecular weight is 950 g/mol. The van der Waals surface area contributed by atoms with Gasteiger partial charge in [-0.15, -0.1) is 0 Å². The second kappa shape index (κ2) is 36.8. The Morgan fingerprint density at radius 3 is 1.08 bits per heavy atom. The molecule has 1 N–H and O–H groups in total. The molecule has 0 unspecified atom stereocenters. The Bertz CT molecular complexity index is 1610. The number of anilines is 1. The largest absolute Gasteiger partial charge is 0.420 e. The molecule has 2 aromatic carbocycles. The van der Waals surface area contributed by atoms with Crippen molar-refractivity contribution in [3.63, 3.8) is 0 Å². The van der Waals surface area contributed by atoms with Crippen molar-refractivity contribution >= 4 is 23.0 Å². The van der Waals surface area contributed by atoms with E-state index in [1.54, 1.807) is 0 Å². The molecule has 0 amide bonds. The van der Waals surface area contributed by atoms with E-state index < -0.39 is 57.1 Å². The van der Waals surface area contributed by atoms with Gasteiger partial charge < -0.3 is 66.9 Å². The van der Waals surface area contributed by atoms with Crippen molar-refractivity contribution in [1.29, 1.82) is 0 Å². The minimum atomic E-state index is -2.36. The van der Waals surface area contributed by atoms with E-state index in [1.165, 1.54) is 12.1 Å². The molecule has 0 aliphatic heterocycles. The van der Waals surface area contributed by atoms with Gasteiger partial charge in [0.2, 0.25) is 34.8 Å². The summed E-state index contributed by atoms with van der Waals surface area (Å²) in [6, 6.07) is 3.38. The molecule has 21 nitrogen and oxygen atoms in total. The summed E-state index contributed by atoms with van der Waals surface area (Å²) in [5.74, 6) is -14.2. The number of nitrogens with zero attached hydrogens (tertiary/aromatic N) is 2. The van der Waals surface area contributed by atoms with Crippen LogP contribution in [0, 0.1) is 49.3 Å². The van der Waals surface area contributed by atoms with Gasteiger partial charge in [0, 0.05) is 12.6 Å². The highest BCUT2D eigenvalue weighted by Gasteiger charge is 2.28. The summed E-state index contributed by atoms with van der Waals surface area (Å²) >= 11 is 0. The van der Waals surface area contributed by atoms with Crippen molar-refractivity contribution < 1.29 is 98.2 Å². The summed E-state index contributed by atoms with van der Waals surface area (Å²) in [6.07, 6.45) is -0.501. The van der Waals surface area contributed by atoms with Gasteiger partial charge in [0.05, 0.1) is 181 Å². The first-order chi connectivity index (χ1) is 31.5. The second-order valence-electron chi connectivity index (χ2n) is 12.6. The summed E-state index contributed by atoms with van der Waals surface area (Å²) in [5, 5.41) is 24.8. The Kier molecular flexibility index (Phi) is 32.2. The van der Waals surface area contributed by atoms with Crippen molar-refractivity contribution in [3.8, 4) is 5.75 Å². The number of nitrogens with one attached hydrogen (secondary N) is 1. The van der Waals surface area contributed by atoms with Gasteiger partial charge in [-0.1, -0.05) is 0 Å². The van der Waals surface area contributed by atoms with E-state index in [9.17, 15) is 47.0 Å². The SMILES string of the molecule is O=C(CCOCCOCCOCCOCCOCCOCCOCCOCCOCCOCCOCCOCCNc1ccc([N+](=O)[O-])cc1[N+](=O)[O-])Oc1c(F)c(F)c(F)c(F)c1F. The maximum atomic E-state index is 13.6. The molecule has 0 fully saturated rings. The lowest BCUT2D eigenvalue weighted by Crippen LogP contribution is -2.16. The maximum absolute atomic E-state index is 13.6. The molecule has 0 aromatic heterocycles. The van der Waals surface area contributed by atoms with Gasteiger partial charge in [0.15, 0.2) is 0 Å². The molecule has 0 aliphatic rings. The van der Waals surface area contributed by atoms with Gasteiger partial charge in [0.1, 0.15) is 5.69 Å². The lowest BCUT2D eigenvalue weighted by molar-refractivity contribution is -0.393. The molecule has 2 aromatic rings. The van der Waals surface area contributed by atoms with E-state index in [-0.39, 0.29) is 63.2 Å². The molecule has 0 saturated carbocycles. The number of benzene rings is 2. The van der Waals surface area contributed by atoms with Crippen molar-refractivity contribution in [2.45, 2.75) is 6.42 Å². The summed E-state index contributed by atoms with van der Waals surface area (Å²) in [5.41, 5.74) is -0.581. The molecule has 0 radical (unpaired) electrons. The first-order valence-electron chi connectivity index (χ1n) is 20.4. The number of carbonyl (C=O) groups excluding carboxylic acids is 1. The molecular formula is C39H56F5N3O18. The van der Waals surface area contributed by atoms with Crippen LogP contribution in [0.15, 0.2) is 18.2 Å². The third-order valence-electron chi connectivity index (χ3n) is 7.88. The Balaban J connectivity index is 1.20. The van der Waals surface area contributed by atoms with Crippen molar-refractivity contribution in [3.05, 3.63) is 67.5 Å². The molecule has 0 bridgehead atoms. The number of hydrogen-bond acceptors (Lipinski definition) is 19. The molecule has 0 saturated heterocycles. The van der Waals surface area contributed by atoms with Gasteiger partial charge in [-0.3, -0.25) is 25.0 Å². The zero-order valence-corrected chi connectivity index (χ0v) is 35.7. The fourth-order valence-electron chi connectivity index (χ4n) is 4.71. The average Bonchev–Trinajstić information content (AvgIpc) is 3.29. The normalized spacial score (nSPS) is 11.3. The third kappa shape index (κ3) is 26.4. The van der Waals surface area contributed by atoms with Crippen LogP contribution in [0.4, 0.5) is 39.0 Å². The van der Waals surface area contributed by atoms with Crippen LogP contribution < -0.4 is 10.1 Å². The standard InChI is InChI=1S/C39H56F5N3O18/c40-34-35(41)37(43)39(38(44)36(34)42)65-33(48)3-5-53-7-9-55-11-13-57-15-17-59-19-21-61-23-25-63-27-28-64-26-24-62-22-20-60-18-16-58-14-12-56-10-8-54-6-4-45-31-2-1-30(46(49)50)29-32(31)47(51)52/h1-2,29,45H,3-28H2. The molecule has 2 rings (SSSR count). The van der Waals surface area contributed by atoms with Crippen LogP contribution >= 0.6 is 0 Å². The monoisotopic (exact) mass is 949 g/mol. The number of halogens is 5. The molecule has 0 spiro atoms. The fourth-order valence-corrected chi connectivity index (χ4v) is 4.71. The zero-order chi connectivity index (χ0) is 47.3. The summed E-state index contributed by atoms with van der Waals surface area (Å²) < 4.78 is 135. The topological polar surface area (TPSA) is 235 Å². The number of non-ortho nitro benzene ring substituents is 1. The number of hydrogen-bond donors (Lipinski definition) is 1. The van der Waals surface area contributed by atoms with E-state index in [1.807, 2.05) is 0 Å². The van der Waals surface area contributed by atoms with Crippen LogP contribution in [0.3, 0.4) is 0 Å². The predicted octanol–water partition coefficient (Wildman–Crippen LogP) is 3.81. The maximum Gasteiger partial charge on any atom is 0.313 e. The Hall–Kier alpha value is -4.32. The van der Waals surface area contributed by atoms with Crippen LogP contribution in [-0.4, -0.2) is 181 Å². The number of nitro groups is 2. The van der Waals surface area contributed by atoms with E-state index in [0.717, 1.165) is 6.07 Å². The summed E-state index contributed by atoms with van der Waals surface area (Å²) in [7, 11) is 0. The van der Waals surface area contributed by atoms with E-state index in [0.29, 0.717) is 119 Å². The Morgan fingerprint density at radius 2 is 0.754 bits per heavy atom. The molecule has 370 valence electrons. The molecule has 0 atom stereocenters. The molecule has 65 heavy (non-hydrogen) atoms. The van der Waals surface area contributed by atoms with Gasteiger partial charge in [0.25, 0.3) is 11.4 Å². The molecule has 0 aliphatic carbocycles. The number of esters is 1. The predicted molar refractivity (Wildman–Crippen MR) is 215 cm³/mol. The van der Waals surface area contributed by atoms with Crippen LogP contribution in [0.1, 0.15) is 6.42 Å². The number of ether oxygens (including phenoxy) is 13. The molecular weight excluding hydrogens is 893 g/mol. The van der Waals surface area contributed by atoms with E-state index >= 15 is 0 Å². The quantitative estimate of drug-likeness (QED) is 0.0145. The van der Waals surface area contributed by atoms with E-state index in [4.69, 9.17) is 56.8 Å². The highest BCUT2D eigenvalue weighted by Crippen LogP contribution is 2.30. The van der Waals surface area contributed by atoms with Gasteiger partial charge in [-0.2, -0.15) is 8.78 Å². The van der Waals surface area contributed by atoms with Crippen molar-refractivity contribution in [2.24, 2.45) is 0 Å². The summed E-state index contributed by atoms with van der Waals surface area (Å²) in [4.78, 5) is 32.3. The smallest absolute Gasteiger partial charge is 0.313 e. The number of rotatable bonds is 43. The highest BCUT2D eigenvalue weighted by molar-refractivity contribution is 5.72. The first kappa shape index (κ1) is 56.8. The Labute approximate surface area is 371 Å². The zero-order valence-electron chi connectivity index (χ0n) is 35.7. The van der Waals surface area contributed by atoms with Crippen molar-refractivity contribution in [1.82, 2.24) is 0 Å². The van der Waals surface area contributed by atoms with Gasteiger partial charge in [-0.25, -0.2) is 13.2 Å². The molecule has 0 heterocycles. The Morgan fingerprint density at radius 1 is 0.446 bits per heavy atom.